The summed E-state index contributed by atoms with van der Waals surface area (Å²) >= 11 is 3.48. The summed E-state index contributed by atoms with van der Waals surface area (Å²) in [5, 5.41) is 3.50. The maximum absolute atomic E-state index is 3.50. The maximum atomic E-state index is 3.50. The molecule has 0 heterocycles. The van der Waals surface area contributed by atoms with Gasteiger partial charge in [0.1, 0.15) is 0 Å². The molecule has 0 atom stereocenters. The molecule has 1 N–H and O–H groups in total. The van der Waals surface area contributed by atoms with Crippen LogP contribution in [-0.4, -0.2) is 6.54 Å². The van der Waals surface area contributed by atoms with Crippen molar-refractivity contribution in [1.82, 2.24) is 0 Å². The van der Waals surface area contributed by atoms with Crippen molar-refractivity contribution in [3.05, 3.63) is 28.7 Å². The Kier molecular flexibility index (Phi) is 3.46. The van der Waals surface area contributed by atoms with E-state index in [1.165, 1.54) is 31.4 Å². The lowest BCUT2D eigenvalue weighted by molar-refractivity contribution is 0.580. The number of nitrogens with one attached hydrogen (secondary N) is 1. The molecule has 0 aliphatic heterocycles. The number of hydrogen-bond donors (Lipinski definition) is 1. The zero-order chi connectivity index (χ0) is 9.80. The molecule has 2 heteroatoms. The fraction of sp³-hybridized carbons (Fsp3) is 0.500. The van der Waals surface area contributed by atoms with Gasteiger partial charge >= 0.3 is 0 Å². The largest absolute Gasteiger partial charge is 0.385 e. The van der Waals surface area contributed by atoms with Crippen molar-refractivity contribution < 1.29 is 0 Å². The van der Waals surface area contributed by atoms with Crippen LogP contribution in [-0.2, 0) is 0 Å². The Balaban J connectivity index is 1.85. The first-order valence-electron chi connectivity index (χ1n) is 5.34. The van der Waals surface area contributed by atoms with E-state index in [2.05, 4.69) is 45.5 Å². The standard InChI is InChI=1S/C12H16BrN/c13-11-6-3-7-12(8-11)14-9-10-4-1-2-5-10/h3,6-8,10,14H,1-2,4-5,9H2. The summed E-state index contributed by atoms with van der Waals surface area (Å²) in [5.74, 6) is 0.897. The van der Waals surface area contributed by atoms with Crippen molar-refractivity contribution in [3.8, 4) is 0 Å². The third-order valence-electron chi connectivity index (χ3n) is 2.89. The van der Waals surface area contributed by atoms with Crippen LogP contribution in [0, 0.1) is 5.92 Å². The summed E-state index contributed by atoms with van der Waals surface area (Å²) in [6.07, 6.45) is 5.65. The van der Waals surface area contributed by atoms with Crippen LogP contribution in [0.3, 0.4) is 0 Å². The highest BCUT2D eigenvalue weighted by Gasteiger charge is 2.14. The van der Waals surface area contributed by atoms with E-state index in [1.54, 1.807) is 0 Å². The molecule has 14 heavy (non-hydrogen) atoms. The third kappa shape index (κ3) is 2.74. The van der Waals surface area contributed by atoms with Crippen LogP contribution in [0.4, 0.5) is 5.69 Å². The molecule has 0 spiro atoms. The van der Waals surface area contributed by atoms with Crippen LogP contribution < -0.4 is 5.32 Å². The van der Waals surface area contributed by atoms with Gasteiger partial charge in [-0.3, -0.25) is 0 Å². The van der Waals surface area contributed by atoms with Gasteiger partial charge in [0.2, 0.25) is 0 Å². The molecule has 2 rings (SSSR count). The molecule has 1 nitrogen and oxygen atoms in total. The van der Waals surface area contributed by atoms with Crippen molar-refractivity contribution in [3.63, 3.8) is 0 Å². The smallest absolute Gasteiger partial charge is 0.0351 e. The van der Waals surface area contributed by atoms with Crippen LogP contribution in [0.5, 0.6) is 0 Å². The molecule has 1 aromatic rings. The molecule has 1 aromatic carbocycles. The first-order chi connectivity index (χ1) is 6.84. The van der Waals surface area contributed by atoms with Crippen molar-refractivity contribution in [2.24, 2.45) is 5.92 Å². The van der Waals surface area contributed by atoms with Crippen LogP contribution >= 0.6 is 15.9 Å². The van der Waals surface area contributed by atoms with Gasteiger partial charge in [-0.2, -0.15) is 0 Å². The van der Waals surface area contributed by atoms with Gasteiger partial charge < -0.3 is 5.32 Å². The zero-order valence-corrected chi connectivity index (χ0v) is 9.89. The second-order valence-electron chi connectivity index (χ2n) is 4.04. The lowest BCUT2D eigenvalue weighted by Crippen LogP contribution is -2.10. The van der Waals surface area contributed by atoms with Crippen LogP contribution in [0.2, 0.25) is 0 Å². The van der Waals surface area contributed by atoms with Crippen molar-refractivity contribution in [2.75, 3.05) is 11.9 Å². The van der Waals surface area contributed by atoms with Crippen LogP contribution in [0.25, 0.3) is 0 Å². The van der Waals surface area contributed by atoms with E-state index >= 15 is 0 Å². The summed E-state index contributed by atoms with van der Waals surface area (Å²) in [4.78, 5) is 0. The molecule has 1 fully saturated rings. The zero-order valence-electron chi connectivity index (χ0n) is 8.30. The summed E-state index contributed by atoms with van der Waals surface area (Å²) < 4.78 is 1.15. The Labute approximate surface area is 94.0 Å². The number of anilines is 1. The van der Waals surface area contributed by atoms with Gasteiger partial charge in [-0.15, -0.1) is 0 Å². The molecule has 0 amide bonds. The molecule has 0 saturated heterocycles. The molecule has 0 aromatic heterocycles. The Morgan fingerprint density at radius 1 is 1.29 bits per heavy atom. The Morgan fingerprint density at radius 3 is 2.79 bits per heavy atom. The van der Waals surface area contributed by atoms with Crippen molar-refractivity contribution in [1.29, 1.82) is 0 Å². The van der Waals surface area contributed by atoms with Gasteiger partial charge in [-0.05, 0) is 37.0 Å². The highest BCUT2D eigenvalue weighted by atomic mass is 79.9. The van der Waals surface area contributed by atoms with Gasteiger partial charge in [0.05, 0.1) is 0 Å². The highest BCUT2D eigenvalue weighted by Crippen LogP contribution is 2.25. The van der Waals surface area contributed by atoms with Crippen molar-refractivity contribution in [2.45, 2.75) is 25.7 Å². The Morgan fingerprint density at radius 2 is 2.07 bits per heavy atom. The Hall–Kier alpha value is -0.500. The lowest BCUT2D eigenvalue weighted by Gasteiger charge is -2.11. The average Bonchev–Trinajstić information content (AvgIpc) is 2.67. The van der Waals surface area contributed by atoms with Gasteiger partial charge in [-0.1, -0.05) is 34.8 Å². The topological polar surface area (TPSA) is 12.0 Å². The molecule has 1 aliphatic carbocycles. The third-order valence-corrected chi connectivity index (χ3v) is 3.39. The molecule has 76 valence electrons. The van der Waals surface area contributed by atoms with Crippen LogP contribution in [0.1, 0.15) is 25.7 Å². The number of halogens is 1. The van der Waals surface area contributed by atoms with E-state index in [4.69, 9.17) is 0 Å². The Bertz CT molecular complexity index is 292. The van der Waals surface area contributed by atoms with E-state index < -0.39 is 0 Å². The molecule has 0 unspecified atom stereocenters. The van der Waals surface area contributed by atoms with Gasteiger partial charge in [0.25, 0.3) is 0 Å². The number of benzene rings is 1. The summed E-state index contributed by atoms with van der Waals surface area (Å²) in [5.41, 5.74) is 1.23. The molecule has 0 radical (unpaired) electrons. The normalized spacial score (nSPS) is 17.2. The summed E-state index contributed by atoms with van der Waals surface area (Å²) in [6, 6.07) is 8.39. The SMILES string of the molecule is Brc1cccc(NCC2CCCC2)c1. The van der Waals surface area contributed by atoms with E-state index in [0.717, 1.165) is 16.9 Å². The average molecular weight is 254 g/mol. The second kappa shape index (κ2) is 4.83. The van der Waals surface area contributed by atoms with Crippen molar-refractivity contribution >= 4 is 21.6 Å². The maximum Gasteiger partial charge on any atom is 0.0351 e. The summed E-state index contributed by atoms with van der Waals surface area (Å²) in [6.45, 7) is 1.14. The minimum atomic E-state index is 0.897. The monoisotopic (exact) mass is 253 g/mol. The predicted molar refractivity (Wildman–Crippen MR) is 64.6 cm³/mol. The molecule has 0 bridgehead atoms. The second-order valence-corrected chi connectivity index (χ2v) is 4.96. The quantitative estimate of drug-likeness (QED) is 0.857. The fourth-order valence-corrected chi connectivity index (χ4v) is 2.47. The van der Waals surface area contributed by atoms with Gasteiger partial charge in [-0.25, -0.2) is 0 Å². The fourth-order valence-electron chi connectivity index (χ4n) is 2.08. The van der Waals surface area contributed by atoms with Crippen LogP contribution in [0.15, 0.2) is 28.7 Å². The van der Waals surface area contributed by atoms with E-state index in [-0.39, 0.29) is 0 Å². The van der Waals surface area contributed by atoms with Gasteiger partial charge in [0, 0.05) is 16.7 Å². The minimum Gasteiger partial charge on any atom is -0.385 e. The first-order valence-corrected chi connectivity index (χ1v) is 6.13. The van der Waals surface area contributed by atoms with E-state index in [9.17, 15) is 0 Å². The predicted octanol–water partition coefficient (Wildman–Crippen LogP) is 4.05. The highest BCUT2D eigenvalue weighted by molar-refractivity contribution is 9.10. The lowest BCUT2D eigenvalue weighted by atomic mass is 10.1. The van der Waals surface area contributed by atoms with E-state index in [1.807, 2.05) is 0 Å². The molecule has 1 saturated carbocycles. The first kappa shape index (κ1) is 10.0. The number of rotatable bonds is 3. The minimum absolute atomic E-state index is 0.897. The number of hydrogen-bond acceptors (Lipinski definition) is 1. The molecule has 1 aliphatic rings. The van der Waals surface area contributed by atoms with Gasteiger partial charge in [0.15, 0.2) is 0 Å². The molecular weight excluding hydrogens is 238 g/mol. The van der Waals surface area contributed by atoms with E-state index in [0.29, 0.717) is 0 Å². The molecular formula is C12H16BrN. The summed E-state index contributed by atoms with van der Waals surface area (Å²) in [7, 11) is 0.